The molecule has 0 unspecified atom stereocenters. The van der Waals surface area contributed by atoms with Gasteiger partial charge in [-0.15, -0.1) is 0 Å². The Labute approximate surface area is 109 Å². The van der Waals surface area contributed by atoms with Crippen molar-refractivity contribution in [3.8, 4) is 0 Å². The molecule has 0 radical (unpaired) electrons. The third-order valence-corrected chi connectivity index (χ3v) is 3.79. The third-order valence-electron chi connectivity index (χ3n) is 3.79. The van der Waals surface area contributed by atoms with Crippen molar-refractivity contribution >= 4 is 5.91 Å². The molecule has 2 N–H and O–H groups in total. The molecule has 3 nitrogen and oxygen atoms in total. The highest BCUT2D eigenvalue weighted by Crippen LogP contribution is 2.22. The van der Waals surface area contributed by atoms with Crippen LogP contribution in [0.3, 0.4) is 0 Å². The van der Waals surface area contributed by atoms with Gasteiger partial charge in [0, 0.05) is 6.54 Å². The Kier molecular flexibility index (Phi) is 3.71. The van der Waals surface area contributed by atoms with Crippen LogP contribution in [0.5, 0.6) is 0 Å². The Bertz CT molecular complexity index is 414. The summed E-state index contributed by atoms with van der Waals surface area (Å²) in [6.07, 6.45) is 0. The number of nitrogens with one attached hydrogen (secondary N) is 2. The maximum Gasteiger partial charge on any atom is 0.225 e. The smallest absolute Gasteiger partial charge is 0.225 e. The number of carbonyl (C=O) groups is 1. The van der Waals surface area contributed by atoms with E-state index in [1.165, 1.54) is 0 Å². The van der Waals surface area contributed by atoms with Crippen LogP contribution in [0.1, 0.15) is 26.3 Å². The zero-order valence-corrected chi connectivity index (χ0v) is 11.4. The number of benzene rings is 1. The molecular weight excluding hydrogens is 224 g/mol. The summed E-state index contributed by atoms with van der Waals surface area (Å²) in [6.45, 7) is 7.95. The molecular formula is C15H22N2O. The summed E-state index contributed by atoms with van der Waals surface area (Å²) < 4.78 is 0. The van der Waals surface area contributed by atoms with E-state index in [0.29, 0.717) is 5.92 Å². The van der Waals surface area contributed by atoms with Crippen LogP contribution >= 0.6 is 0 Å². The average Bonchev–Trinajstić information content (AvgIpc) is 2.76. The molecule has 2 atom stereocenters. The first-order chi connectivity index (χ1) is 8.50. The Balaban J connectivity index is 2.06. The second-order valence-electron chi connectivity index (χ2n) is 5.72. The van der Waals surface area contributed by atoms with Gasteiger partial charge in [0.25, 0.3) is 0 Å². The normalized spacial score (nSPS) is 23.9. The molecule has 0 spiro atoms. The average molecular weight is 246 g/mol. The van der Waals surface area contributed by atoms with Crippen LogP contribution in [0.4, 0.5) is 0 Å². The van der Waals surface area contributed by atoms with Crippen molar-refractivity contribution in [2.24, 2.45) is 11.8 Å². The predicted molar refractivity (Wildman–Crippen MR) is 73.1 cm³/mol. The number of hydrogen-bond donors (Lipinski definition) is 2. The molecule has 1 amide bonds. The molecule has 1 heterocycles. The maximum absolute atomic E-state index is 12.3. The molecule has 2 rings (SSSR count). The molecule has 1 saturated heterocycles. The Hall–Kier alpha value is -1.35. The lowest BCUT2D eigenvalue weighted by Gasteiger charge is -2.29. The lowest BCUT2D eigenvalue weighted by atomic mass is 9.91. The first kappa shape index (κ1) is 13.1. The minimum Gasteiger partial charge on any atom is -0.347 e. The SMILES string of the molecule is C[C@@H]1CNC[C@H]1C(=O)NC(C)(C)c1ccccc1. The maximum atomic E-state index is 12.3. The quantitative estimate of drug-likeness (QED) is 0.855. The first-order valence-electron chi connectivity index (χ1n) is 6.59. The Morgan fingerprint density at radius 2 is 1.94 bits per heavy atom. The predicted octanol–water partition coefficient (Wildman–Crippen LogP) is 1.89. The van der Waals surface area contributed by atoms with Crippen LogP contribution in [0.15, 0.2) is 30.3 Å². The standard InChI is InChI=1S/C15H22N2O/c1-11-9-16-10-13(11)14(18)17-15(2,3)12-7-5-4-6-8-12/h4-8,11,13,16H,9-10H2,1-3H3,(H,17,18)/t11-,13-/m1/s1. The molecule has 1 aromatic carbocycles. The van der Waals surface area contributed by atoms with E-state index in [9.17, 15) is 4.79 Å². The summed E-state index contributed by atoms with van der Waals surface area (Å²) >= 11 is 0. The molecule has 1 aromatic rings. The van der Waals surface area contributed by atoms with Crippen LogP contribution in [0, 0.1) is 11.8 Å². The second kappa shape index (κ2) is 5.11. The minimum absolute atomic E-state index is 0.0907. The molecule has 0 bridgehead atoms. The van der Waals surface area contributed by atoms with Crippen LogP contribution in [0.2, 0.25) is 0 Å². The fourth-order valence-corrected chi connectivity index (χ4v) is 2.49. The summed E-state index contributed by atoms with van der Waals surface area (Å²) in [5.74, 6) is 0.658. The minimum atomic E-state index is -0.319. The molecule has 3 heteroatoms. The van der Waals surface area contributed by atoms with Crippen molar-refractivity contribution in [2.45, 2.75) is 26.3 Å². The first-order valence-corrected chi connectivity index (χ1v) is 6.59. The van der Waals surface area contributed by atoms with Crippen LogP contribution in [0.25, 0.3) is 0 Å². The van der Waals surface area contributed by atoms with Gasteiger partial charge in [0.15, 0.2) is 0 Å². The van der Waals surface area contributed by atoms with Gasteiger partial charge in [0.05, 0.1) is 11.5 Å². The fourth-order valence-electron chi connectivity index (χ4n) is 2.49. The molecule has 1 aliphatic heterocycles. The van der Waals surface area contributed by atoms with Gasteiger partial charge in [0.2, 0.25) is 5.91 Å². The van der Waals surface area contributed by atoms with Crippen LogP contribution in [-0.2, 0) is 10.3 Å². The monoisotopic (exact) mass is 246 g/mol. The van der Waals surface area contributed by atoms with Crippen LogP contribution < -0.4 is 10.6 Å². The summed E-state index contributed by atoms with van der Waals surface area (Å²) in [5.41, 5.74) is 0.817. The van der Waals surface area contributed by atoms with E-state index >= 15 is 0 Å². The summed E-state index contributed by atoms with van der Waals surface area (Å²) in [4.78, 5) is 12.3. The number of amides is 1. The van der Waals surface area contributed by atoms with Crippen molar-refractivity contribution in [1.82, 2.24) is 10.6 Å². The largest absolute Gasteiger partial charge is 0.347 e. The summed E-state index contributed by atoms with van der Waals surface area (Å²) in [6, 6.07) is 10.1. The lowest BCUT2D eigenvalue weighted by molar-refractivity contribution is -0.127. The molecule has 18 heavy (non-hydrogen) atoms. The number of rotatable bonds is 3. The van der Waals surface area contributed by atoms with E-state index < -0.39 is 0 Å². The van der Waals surface area contributed by atoms with E-state index in [2.05, 4.69) is 29.7 Å². The Morgan fingerprint density at radius 3 is 2.50 bits per heavy atom. The Morgan fingerprint density at radius 1 is 1.28 bits per heavy atom. The number of hydrogen-bond acceptors (Lipinski definition) is 2. The van der Waals surface area contributed by atoms with Gasteiger partial charge in [-0.3, -0.25) is 4.79 Å². The van der Waals surface area contributed by atoms with E-state index in [-0.39, 0.29) is 17.4 Å². The van der Waals surface area contributed by atoms with Crippen molar-refractivity contribution in [3.63, 3.8) is 0 Å². The highest BCUT2D eigenvalue weighted by molar-refractivity contribution is 5.80. The van der Waals surface area contributed by atoms with Gasteiger partial charge in [-0.05, 0) is 31.9 Å². The molecule has 0 saturated carbocycles. The highest BCUT2D eigenvalue weighted by Gasteiger charge is 2.33. The number of carbonyl (C=O) groups excluding carboxylic acids is 1. The van der Waals surface area contributed by atoms with Gasteiger partial charge < -0.3 is 10.6 Å². The van der Waals surface area contributed by atoms with Gasteiger partial charge >= 0.3 is 0 Å². The third kappa shape index (κ3) is 2.72. The van der Waals surface area contributed by atoms with Crippen molar-refractivity contribution in [2.75, 3.05) is 13.1 Å². The topological polar surface area (TPSA) is 41.1 Å². The molecule has 98 valence electrons. The molecule has 1 aliphatic rings. The summed E-state index contributed by atoms with van der Waals surface area (Å²) in [5, 5.41) is 6.43. The van der Waals surface area contributed by atoms with Gasteiger partial charge in [0.1, 0.15) is 0 Å². The van der Waals surface area contributed by atoms with E-state index in [0.717, 1.165) is 18.7 Å². The zero-order chi connectivity index (χ0) is 13.2. The van der Waals surface area contributed by atoms with E-state index in [4.69, 9.17) is 0 Å². The second-order valence-corrected chi connectivity index (χ2v) is 5.72. The summed E-state index contributed by atoms with van der Waals surface area (Å²) in [7, 11) is 0. The zero-order valence-electron chi connectivity index (χ0n) is 11.4. The lowest BCUT2D eigenvalue weighted by Crippen LogP contribution is -2.45. The molecule has 0 aromatic heterocycles. The highest BCUT2D eigenvalue weighted by atomic mass is 16.2. The fraction of sp³-hybridized carbons (Fsp3) is 0.533. The van der Waals surface area contributed by atoms with E-state index in [1.807, 2.05) is 32.0 Å². The van der Waals surface area contributed by atoms with Gasteiger partial charge in [-0.25, -0.2) is 0 Å². The van der Waals surface area contributed by atoms with Crippen molar-refractivity contribution in [3.05, 3.63) is 35.9 Å². The molecule has 0 aliphatic carbocycles. The van der Waals surface area contributed by atoms with E-state index in [1.54, 1.807) is 0 Å². The van der Waals surface area contributed by atoms with Gasteiger partial charge in [-0.2, -0.15) is 0 Å². The van der Waals surface area contributed by atoms with Crippen LogP contribution in [-0.4, -0.2) is 19.0 Å². The van der Waals surface area contributed by atoms with Crippen molar-refractivity contribution < 1.29 is 4.79 Å². The van der Waals surface area contributed by atoms with Crippen molar-refractivity contribution in [1.29, 1.82) is 0 Å². The van der Waals surface area contributed by atoms with Gasteiger partial charge in [-0.1, -0.05) is 37.3 Å². The molecule has 1 fully saturated rings.